The molecular weight excluding hydrogens is 226 g/mol. The van der Waals surface area contributed by atoms with Gasteiger partial charge < -0.3 is 5.21 Å². The molecule has 0 aliphatic heterocycles. The SMILES string of the molecule is [O-][n+]1ccc(Cl)c2c3nccnc3ccc21. The van der Waals surface area contributed by atoms with Gasteiger partial charge in [0.1, 0.15) is 5.52 Å². The summed E-state index contributed by atoms with van der Waals surface area (Å²) in [5.74, 6) is 0. The predicted octanol–water partition coefficient (Wildman–Crippen LogP) is 2.07. The number of pyridine rings is 1. The topological polar surface area (TPSA) is 52.7 Å². The van der Waals surface area contributed by atoms with Gasteiger partial charge in [-0.15, -0.1) is 0 Å². The van der Waals surface area contributed by atoms with Gasteiger partial charge >= 0.3 is 0 Å². The summed E-state index contributed by atoms with van der Waals surface area (Å²) >= 11 is 6.09. The Kier molecular flexibility index (Phi) is 1.91. The van der Waals surface area contributed by atoms with Crippen molar-refractivity contribution in [3.8, 4) is 0 Å². The maximum atomic E-state index is 11.6. The molecule has 3 aromatic rings. The number of hydrogen-bond acceptors (Lipinski definition) is 3. The van der Waals surface area contributed by atoms with Crippen molar-refractivity contribution in [3.05, 3.63) is 47.0 Å². The summed E-state index contributed by atoms with van der Waals surface area (Å²) in [7, 11) is 0. The molecule has 5 heteroatoms. The van der Waals surface area contributed by atoms with Crippen LogP contribution < -0.4 is 4.73 Å². The van der Waals surface area contributed by atoms with Gasteiger partial charge in [-0.3, -0.25) is 9.97 Å². The number of halogens is 1. The minimum atomic E-state index is 0.500. The van der Waals surface area contributed by atoms with Crippen molar-refractivity contribution in [2.24, 2.45) is 0 Å². The summed E-state index contributed by atoms with van der Waals surface area (Å²) in [4.78, 5) is 8.38. The molecule has 0 unspecified atom stereocenters. The van der Waals surface area contributed by atoms with E-state index >= 15 is 0 Å². The molecular formula is C11H6ClN3O. The molecule has 4 nitrogen and oxygen atoms in total. The molecule has 0 atom stereocenters. The normalized spacial score (nSPS) is 11.1. The lowest BCUT2D eigenvalue weighted by Gasteiger charge is -2.04. The van der Waals surface area contributed by atoms with Gasteiger partial charge in [0.25, 0.3) is 0 Å². The zero-order chi connectivity index (χ0) is 11.1. The lowest BCUT2D eigenvalue weighted by molar-refractivity contribution is -0.576. The van der Waals surface area contributed by atoms with Gasteiger partial charge in [0, 0.05) is 24.5 Å². The van der Waals surface area contributed by atoms with Crippen LogP contribution in [0.5, 0.6) is 0 Å². The maximum Gasteiger partial charge on any atom is 0.227 e. The van der Waals surface area contributed by atoms with Crippen LogP contribution in [0.4, 0.5) is 0 Å². The van der Waals surface area contributed by atoms with Gasteiger partial charge in [-0.1, -0.05) is 11.6 Å². The van der Waals surface area contributed by atoms with Gasteiger partial charge in [0.15, 0.2) is 6.20 Å². The minimum absolute atomic E-state index is 0.500. The van der Waals surface area contributed by atoms with E-state index in [-0.39, 0.29) is 0 Å². The largest absolute Gasteiger partial charge is 0.618 e. The van der Waals surface area contributed by atoms with Gasteiger partial charge in [-0.25, -0.2) is 0 Å². The Morgan fingerprint density at radius 2 is 1.94 bits per heavy atom. The van der Waals surface area contributed by atoms with Gasteiger partial charge in [0.05, 0.1) is 15.9 Å². The van der Waals surface area contributed by atoms with Crippen LogP contribution in [0.2, 0.25) is 5.02 Å². The van der Waals surface area contributed by atoms with Crippen LogP contribution in [0.1, 0.15) is 0 Å². The smallest absolute Gasteiger partial charge is 0.227 e. The monoisotopic (exact) mass is 231 g/mol. The van der Waals surface area contributed by atoms with E-state index in [0.717, 1.165) is 10.2 Å². The lowest BCUT2D eigenvalue weighted by atomic mass is 10.2. The number of nitrogens with zero attached hydrogens (tertiary/aromatic N) is 3. The molecule has 0 amide bonds. The summed E-state index contributed by atoms with van der Waals surface area (Å²) in [6.45, 7) is 0. The third kappa shape index (κ3) is 1.20. The highest BCUT2D eigenvalue weighted by atomic mass is 35.5. The first-order valence-electron chi connectivity index (χ1n) is 4.68. The minimum Gasteiger partial charge on any atom is -0.618 e. The second kappa shape index (κ2) is 3.28. The highest BCUT2D eigenvalue weighted by Crippen LogP contribution is 2.26. The lowest BCUT2D eigenvalue weighted by Crippen LogP contribution is -2.25. The number of benzene rings is 1. The fourth-order valence-electron chi connectivity index (χ4n) is 1.74. The summed E-state index contributed by atoms with van der Waals surface area (Å²) < 4.78 is 0.773. The Hall–Kier alpha value is -1.94. The molecule has 0 aliphatic rings. The van der Waals surface area contributed by atoms with E-state index in [0.29, 0.717) is 21.4 Å². The van der Waals surface area contributed by atoms with Crippen molar-refractivity contribution >= 4 is 33.5 Å². The third-order valence-electron chi connectivity index (χ3n) is 2.45. The fourth-order valence-corrected chi connectivity index (χ4v) is 1.98. The molecule has 1 aromatic carbocycles. The molecule has 0 bridgehead atoms. The number of rotatable bonds is 0. The number of hydrogen-bond donors (Lipinski definition) is 0. The van der Waals surface area contributed by atoms with E-state index in [1.165, 1.54) is 6.20 Å². The first-order chi connectivity index (χ1) is 7.77. The number of fused-ring (bicyclic) bond motifs is 3. The zero-order valence-electron chi connectivity index (χ0n) is 8.09. The highest BCUT2D eigenvalue weighted by Gasteiger charge is 2.12. The van der Waals surface area contributed by atoms with E-state index in [2.05, 4.69) is 9.97 Å². The quantitative estimate of drug-likeness (QED) is 0.338. The van der Waals surface area contributed by atoms with E-state index in [9.17, 15) is 5.21 Å². The second-order valence-electron chi connectivity index (χ2n) is 3.37. The molecule has 0 aliphatic carbocycles. The average Bonchev–Trinajstić information content (AvgIpc) is 2.33. The van der Waals surface area contributed by atoms with Crippen LogP contribution in [0.3, 0.4) is 0 Å². The molecule has 0 saturated carbocycles. The Bertz CT molecular complexity index is 699. The first kappa shape index (κ1) is 9.30. The van der Waals surface area contributed by atoms with Crippen LogP contribution in [0.15, 0.2) is 36.8 Å². The van der Waals surface area contributed by atoms with Crippen molar-refractivity contribution in [2.75, 3.05) is 0 Å². The third-order valence-corrected chi connectivity index (χ3v) is 2.77. The van der Waals surface area contributed by atoms with E-state index in [4.69, 9.17) is 11.6 Å². The Balaban J connectivity index is 2.64. The molecule has 2 aromatic heterocycles. The summed E-state index contributed by atoms with van der Waals surface area (Å²) in [6, 6.07) is 5.02. The van der Waals surface area contributed by atoms with Crippen molar-refractivity contribution in [3.63, 3.8) is 0 Å². The van der Waals surface area contributed by atoms with E-state index in [1.54, 1.807) is 30.6 Å². The van der Waals surface area contributed by atoms with Gasteiger partial charge in [-0.2, -0.15) is 4.73 Å². The van der Waals surface area contributed by atoms with Crippen molar-refractivity contribution in [1.29, 1.82) is 0 Å². The highest BCUT2D eigenvalue weighted by molar-refractivity contribution is 6.37. The standard InChI is InChI=1S/C11H6ClN3O/c12-7-3-6-15(16)9-2-1-8-11(10(7)9)14-5-4-13-8/h1-6H. The molecule has 0 spiro atoms. The van der Waals surface area contributed by atoms with Gasteiger partial charge in [-0.05, 0) is 6.07 Å². The maximum absolute atomic E-state index is 11.6. The summed E-state index contributed by atoms with van der Waals surface area (Å²) in [6.07, 6.45) is 4.57. The Labute approximate surface area is 95.7 Å². The van der Waals surface area contributed by atoms with Crippen LogP contribution >= 0.6 is 11.6 Å². The molecule has 0 N–H and O–H groups in total. The van der Waals surface area contributed by atoms with Gasteiger partial charge in [0.2, 0.25) is 5.52 Å². The molecule has 2 heterocycles. The van der Waals surface area contributed by atoms with Crippen LogP contribution in [-0.4, -0.2) is 9.97 Å². The molecule has 0 saturated heterocycles. The molecule has 0 radical (unpaired) electrons. The molecule has 0 fully saturated rings. The molecule has 3 rings (SSSR count). The Morgan fingerprint density at radius 1 is 1.12 bits per heavy atom. The van der Waals surface area contributed by atoms with Crippen molar-refractivity contribution < 1.29 is 4.73 Å². The Morgan fingerprint density at radius 3 is 2.81 bits per heavy atom. The van der Waals surface area contributed by atoms with Crippen LogP contribution in [0.25, 0.3) is 21.9 Å². The first-order valence-corrected chi connectivity index (χ1v) is 5.06. The molecule has 78 valence electrons. The average molecular weight is 232 g/mol. The summed E-state index contributed by atoms with van der Waals surface area (Å²) in [5.41, 5.74) is 1.87. The summed E-state index contributed by atoms with van der Waals surface area (Å²) in [5, 5.41) is 12.7. The number of aromatic nitrogens is 3. The van der Waals surface area contributed by atoms with Crippen LogP contribution in [-0.2, 0) is 0 Å². The van der Waals surface area contributed by atoms with E-state index < -0.39 is 0 Å². The second-order valence-corrected chi connectivity index (χ2v) is 3.78. The van der Waals surface area contributed by atoms with Crippen LogP contribution in [0, 0.1) is 5.21 Å². The molecule has 16 heavy (non-hydrogen) atoms. The van der Waals surface area contributed by atoms with Crippen molar-refractivity contribution in [1.82, 2.24) is 9.97 Å². The zero-order valence-corrected chi connectivity index (χ0v) is 8.85. The van der Waals surface area contributed by atoms with E-state index in [1.807, 2.05) is 0 Å². The predicted molar refractivity (Wildman–Crippen MR) is 61.0 cm³/mol. The van der Waals surface area contributed by atoms with Crippen molar-refractivity contribution in [2.45, 2.75) is 0 Å². The fraction of sp³-hybridized carbons (Fsp3) is 0.